The lowest BCUT2D eigenvalue weighted by atomic mass is 10.1. The number of anilines is 2. The number of rotatable bonds is 4. The van der Waals surface area contributed by atoms with Crippen molar-refractivity contribution in [1.29, 1.82) is 0 Å². The number of pyridine rings is 1. The summed E-state index contributed by atoms with van der Waals surface area (Å²) in [6, 6.07) is 8.37. The molecule has 7 heteroatoms. The van der Waals surface area contributed by atoms with E-state index in [9.17, 15) is 13.2 Å². The first-order chi connectivity index (χ1) is 10.3. The van der Waals surface area contributed by atoms with Gasteiger partial charge in [0.1, 0.15) is 0 Å². The van der Waals surface area contributed by atoms with Gasteiger partial charge in [-0.15, -0.1) is 0 Å². The van der Waals surface area contributed by atoms with Gasteiger partial charge in [-0.05, 0) is 36.8 Å². The van der Waals surface area contributed by atoms with E-state index >= 15 is 0 Å². The van der Waals surface area contributed by atoms with Crippen LogP contribution in [-0.2, 0) is 10.0 Å². The van der Waals surface area contributed by atoms with Crippen LogP contribution in [0.25, 0.3) is 0 Å². The minimum atomic E-state index is -3.39. The lowest BCUT2D eigenvalue weighted by Crippen LogP contribution is -2.26. The van der Waals surface area contributed by atoms with Gasteiger partial charge < -0.3 is 5.32 Å². The number of hydrogen-bond donors (Lipinski definition) is 1. The van der Waals surface area contributed by atoms with Gasteiger partial charge in [-0.1, -0.05) is 6.07 Å². The van der Waals surface area contributed by atoms with Crippen LogP contribution in [0.4, 0.5) is 11.4 Å². The number of aryl methyl sites for hydroxylation is 1. The van der Waals surface area contributed by atoms with Gasteiger partial charge in [0.2, 0.25) is 10.0 Å². The summed E-state index contributed by atoms with van der Waals surface area (Å²) < 4.78 is 24.5. The highest BCUT2D eigenvalue weighted by Crippen LogP contribution is 2.23. The summed E-state index contributed by atoms with van der Waals surface area (Å²) in [6.45, 7) is 1.79. The molecule has 1 N–H and O–H groups in total. The van der Waals surface area contributed by atoms with Crippen molar-refractivity contribution in [2.45, 2.75) is 6.92 Å². The minimum Gasteiger partial charge on any atom is -0.321 e. The van der Waals surface area contributed by atoms with Crippen LogP contribution >= 0.6 is 0 Å². The van der Waals surface area contributed by atoms with E-state index in [1.165, 1.54) is 13.2 Å². The van der Waals surface area contributed by atoms with E-state index < -0.39 is 10.0 Å². The second-order valence-corrected chi connectivity index (χ2v) is 6.94. The number of carbonyl (C=O) groups is 1. The number of nitrogens with zero attached hydrogens (tertiary/aromatic N) is 2. The van der Waals surface area contributed by atoms with Gasteiger partial charge in [-0.3, -0.25) is 14.1 Å². The molecule has 1 amide bonds. The Kier molecular flexibility index (Phi) is 4.46. The Balaban J connectivity index is 2.31. The highest BCUT2D eigenvalue weighted by Gasteiger charge is 2.16. The van der Waals surface area contributed by atoms with E-state index in [-0.39, 0.29) is 5.91 Å². The van der Waals surface area contributed by atoms with Gasteiger partial charge in [0.05, 0.1) is 23.8 Å². The maximum absolute atomic E-state index is 12.2. The predicted octanol–water partition coefficient (Wildman–Crippen LogP) is 2.04. The normalized spacial score (nSPS) is 11.0. The van der Waals surface area contributed by atoms with Gasteiger partial charge in [0.25, 0.3) is 5.91 Å². The average molecular weight is 319 g/mol. The number of aromatic nitrogens is 1. The third-order valence-electron chi connectivity index (χ3n) is 3.23. The highest BCUT2D eigenvalue weighted by molar-refractivity contribution is 7.92. The Labute approximate surface area is 129 Å². The largest absolute Gasteiger partial charge is 0.321 e. The molecule has 1 aromatic heterocycles. The molecule has 1 aromatic carbocycles. The third-order valence-corrected chi connectivity index (χ3v) is 4.42. The molecule has 0 aliphatic heterocycles. The van der Waals surface area contributed by atoms with Crippen molar-refractivity contribution < 1.29 is 13.2 Å². The summed E-state index contributed by atoms with van der Waals surface area (Å²) in [5, 5.41) is 2.71. The van der Waals surface area contributed by atoms with Crippen LogP contribution in [0.2, 0.25) is 0 Å². The summed E-state index contributed by atoms with van der Waals surface area (Å²) in [5.74, 6) is -0.323. The Bertz CT molecular complexity index is 789. The molecule has 0 spiro atoms. The monoisotopic (exact) mass is 319 g/mol. The molecule has 0 atom stereocenters. The zero-order valence-electron chi connectivity index (χ0n) is 12.6. The molecule has 0 saturated carbocycles. The number of amides is 1. The number of benzene rings is 1. The molecule has 0 aliphatic rings. The Morgan fingerprint density at radius 2 is 2.00 bits per heavy atom. The molecule has 2 aromatic rings. The smallest absolute Gasteiger partial charge is 0.255 e. The zero-order chi connectivity index (χ0) is 16.3. The van der Waals surface area contributed by atoms with E-state index in [0.717, 1.165) is 16.1 Å². The van der Waals surface area contributed by atoms with Gasteiger partial charge in [-0.2, -0.15) is 0 Å². The Morgan fingerprint density at radius 1 is 1.27 bits per heavy atom. The maximum Gasteiger partial charge on any atom is 0.255 e. The number of carbonyl (C=O) groups excluding carboxylic acids is 1. The van der Waals surface area contributed by atoms with Crippen LogP contribution in [-0.4, -0.2) is 32.6 Å². The molecule has 0 bridgehead atoms. The van der Waals surface area contributed by atoms with Crippen molar-refractivity contribution in [3.8, 4) is 0 Å². The topological polar surface area (TPSA) is 79.4 Å². The number of hydrogen-bond acceptors (Lipinski definition) is 4. The fourth-order valence-corrected chi connectivity index (χ4v) is 2.46. The van der Waals surface area contributed by atoms with E-state index in [1.54, 1.807) is 43.5 Å². The summed E-state index contributed by atoms with van der Waals surface area (Å²) in [4.78, 5) is 16.2. The van der Waals surface area contributed by atoms with Crippen molar-refractivity contribution >= 4 is 27.3 Å². The van der Waals surface area contributed by atoms with E-state index in [4.69, 9.17) is 0 Å². The summed E-state index contributed by atoms with van der Waals surface area (Å²) in [7, 11) is -1.93. The Hall–Kier alpha value is -2.41. The molecule has 0 unspecified atom stereocenters. The molecular formula is C15H17N3O3S. The SMILES string of the molecule is Cc1ccc(C(=O)Nc2cccnc2)cc1N(C)S(C)(=O)=O. The van der Waals surface area contributed by atoms with E-state index in [0.29, 0.717) is 16.9 Å². The van der Waals surface area contributed by atoms with Crippen LogP contribution in [0.5, 0.6) is 0 Å². The quantitative estimate of drug-likeness (QED) is 0.935. The first-order valence-corrected chi connectivity index (χ1v) is 8.40. The molecule has 22 heavy (non-hydrogen) atoms. The van der Waals surface area contributed by atoms with Gasteiger partial charge in [0, 0.05) is 18.8 Å². The summed E-state index contributed by atoms with van der Waals surface area (Å²) in [5.41, 5.74) is 2.19. The second-order valence-electron chi connectivity index (χ2n) is 4.93. The van der Waals surface area contributed by atoms with Crippen LogP contribution in [0, 0.1) is 6.92 Å². The van der Waals surface area contributed by atoms with Crippen LogP contribution in [0.3, 0.4) is 0 Å². The molecule has 0 aliphatic carbocycles. The lowest BCUT2D eigenvalue weighted by Gasteiger charge is -2.19. The molecule has 116 valence electrons. The molecule has 6 nitrogen and oxygen atoms in total. The first kappa shape index (κ1) is 16.0. The third kappa shape index (κ3) is 3.62. The molecular weight excluding hydrogens is 302 g/mol. The van der Waals surface area contributed by atoms with Gasteiger partial charge >= 0.3 is 0 Å². The van der Waals surface area contributed by atoms with E-state index in [2.05, 4.69) is 10.3 Å². The van der Waals surface area contributed by atoms with Gasteiger partial charge in [0.15, 0.2) is 0 Å². The molecule has 0 radical (unpaired) electrons. The van der Waals surface area contributed by atoms with Crippen molar-refractivity contribution in [2.75, 3.05) is 22.9 Å². The Morgan fingerprint density at radius 3 is 2.59 bits per heavy atom. The highest BCUT2D eigenvalue weighted by atomic mass is 32.2. The predicted molar refractivity (Wildman–Crippen MR) is 86.6 cm³/mol. The first-order valence-electron chi connectivity index (χ1n) is 6.55. The number of nitrogens with one attached hydrogen (secondary N) is 1. The molecule has 0 saturated heterocycles. The van der Waals surface area contributed by atoms with Crippen LogP contribution in [0.1, 0.15) is 15.9 Å². The maximum atomic E-state index is 12.2. The van der Waals surface area contributed by atoms with Crippen LogP contribution < -0.4 is 9.62 Å². The van der Waals surface area contributed by atoms with Crippen molar-refractivity contribution in [3.63, 3.8) is 0 Å². The standard InChI is InChI=1S/C15H17N3O3S/c1-11-6-7-12(9-14(11)18(2)22(3,20)21)15(19)17-13-5-4-8-16-10-13/h4-10H,1-3H3,(H,17,19). The van der Waals surface area contributed by atoms with Crippen LogP contribution in [0.15, 0.2) is 42.7 Å². The lowest BCUT2D eigenvalue weighted by molar-refractivity contribution is 0.102. The molecule has 1 heterocycles. The fourth-order valence-electron chi connectivity index (χ4n) is 1.91. The van der Waals surface area contributed by atoms with Gasteiger partial charge in [-0.25, -0.2) is 8.42 Å². The van der Waals surface area contributed by atoms with Crippen molar-refractivity contribution in [2.24, 2.45) is 0 Å². The average Bonchev–Trinajstić information content (AvgIpc) is 2.47. The van der Waals surface area contributed by atoms with Crippen molar-refractivity contribution in [3.05, 3.63) is 53.9 Å². The summed E-state index contributed by atoms with van der Waals surface area (Å²) >= 11 is 0. The zero-order valence-corrected chi connectivity index (χ0v) is 13.4. The number of sulfonamides is 1. The second kappa shape index (κ2) is 6.15. The van der Waals surface area contributed by atoms with Crippen molar-refractivity contribution in [1.82, 2.24) is 4.98 Å². The minimum absolute atomic E-state index is 0.323. The fraction of sp³-hybridized carbons (Fsp3) is 0.200. The molecule has 2 rings (SSSR count). The van der Waals surface area contributed by atoms with E-state index in [1.807, 2.05) is 0 Å². The summed E-state index contributed by atoms with van der Waals surface area (Å²) in [6.07, 6.45) is 4.27. The molecule has 0 fully saturated rings.